The molecule has 0 radical (unpaired) electrons. The van der Waals surface area contributed by atoms with E-state index in [1.807, 2.05) is 24.0 Å². The van der Waals surface area contributed by atoms with E-state index < -0.39 is 0 Å². The van der Waals surface area contributed by atoms with Crippen molar-refractivity contribution in [2.45, 2.75) is 44.9 Å². The van der Waals surface area contributed by atoms with Crippen LogP contribution in [0, 0.1) is 0 Å². The SMILES string of the molecule is C/C=C/C=C/C(=O)N1CCN(c2nnc(C3CCCCC3)s2)CC1. The van der Waals surface area contributed by atoms with E-state index in [1.54, 1.807) is 23.5 Å². The monoisotopic (exact) mass is 346 g/mol. The Balaban J connectivity index is 1.53. The van der Waals surface area contributed by atoms with Crippen molar-refractivity contribution in [3.8, 4) is 0 Å². The van der Waals surface area contributed by atoms with Gasteiger partial charge in [0.25, 0.3) is 0 Å². The summed E-state index contributed by atoms with van der Waals surface area (Å²) in [5.41, 5.74) is 0. The fourth-order valence-corrected chi connectivity index (χ4v) is 4.41. The molecule has 1 aromatic rings. The molecule has 0 spiro atoms. The van der Waals surface area contributed by atoms with E-state index in [1.165, 1.54) is 37.1 Å². The standard InChI is InChI=1S/C18H26N4OS/c1-2-3-5-10-16(23)21-11-13-22(14-12-21)18-20-19-17(24-18)15-8-6-4-7-9-15/h2-3,5,10,15H,4,6-9,11-14H2,1H3/b3-2+,10-5+. The molecule has 1 aliphatic heterocycles. The number of anilines is 1. The van der Waals surface area contributed by atoms with Gasteiger partial charge in [0.05, 0.1) is 0 Å². The largest absolute Gasteiger partial charge is 0.343 e. The Kier molecular flexibility index (Phi) is 6.01. The zero-order chi connectivity index (χ0) is 16.8. The first-order chi connectivity index (χ1) is 11.8. The number of allylic oxidation sites excluding steroid dienone is 3. The smallest absolute Gasteiger partial charge is 0.246 e. The lowest BCUT2D eigenvalue weighted by Gasteiger charge is -2.33. The highest BCUT2D eigenvalue weighted by Crippen LogP contribution is 2.36. The summed E-state index contributed by atoms with van der Waals surface area (Å²) in [6.45, 7) is 5.11. The number of carbonyl (C=O) groups excluding carboxylic acids is 1. The van der Waals surface area contributed by atoms with Gasteiger partial charge in [-0.2, -0.15) is 0 Å². The predicted molar refractivity (Wildman–Crippen MR) is 98.5 cm³/mol. The fraction of sp³-hybridized carbons (Fsp3) is 0.611. The molecule has 1 saturated carbocycles. The lowest BCUT2D eigenvalue weighted by atomic mass is 9.90. The normalized spacial score (nSPS) is 20.4. The Morgan fingerprint density at radius 3 is 2.54 bits per heavy atom. The second-order valence-corrected chi connectivity index (χ2v) is 7.44. The van der Waals surface area contributed by atoms with E-state index in [4.69, 9.17) is 0 Å². The number of hydrogen-bond acceptors (Lipinski definition) is 5. The molecule has 3 rings (SSSR count). The van der Waals surface area contributed by atoms with Crippen LogP contribution in [0.3, 0.4) is 0 Å². The van der Waals surface area contributed by atoms with Crippen LogP contribution in [0.4, 0.5) is 5.13 Å². The van der Waals surface area contributed by atoms with Gasteiger partial charge in [0.15, 0.2) is 0 Å². The first-order valence-electron chi connectivity index (χ1n) is 8.94. The molecule has 2 heterocycles. The molecule has 0 N–H and O–H groups in total. The van der Waals surface area contributed by atoms with Crippen LogP contribution in [0.15, 0.2) is 24.3 Å². The molecular weight excluding hydrogens is 320 g/mol. The third-order valence-corrected chi connectivity index (χ3v) is 5.94. The summed E-state index contributed by atoms with van der Waals surface area (Å²) in [4.78, 5) is 16.3. The van der Waals surface area contributed by atoms with E-state index in [2.05, 4.69) is 15.1 Å². The van der Waals surface area contributed by atoms with Crippen molar-refractivity contribution >= 4 is 22.4 Å². The lowest BCUT2D eigenvalue weighted by molar-refractivity contribution is -0.126. The maximum Gasteiger partial charge on any atom is 0.246 e. The summed E-state index contributed by atoms with van der Waals surface area (Å²) >= 11 is 1.75. The molecule has 5 nitrogen and oxygen atoms in total. The molecular formula is C18H26N4OS. The van der Waals surface area contributed by atoms with E-state index in [0.717, 1.165) is 31.3 Å². The molecule has 130 valence electrons. The zero-order valence-corrected chi connectivity index (χ0v) is 15.2. The Hall–Kier alpha value is -1.69. The number of rotatable bonds is 4. The van der Waals surface area contributed by atoms with Gasteiger partial charge in [-0.25, -0.2) is 0 Å². The molecule has 6 heteroatoms. The second-order valence-electron chi connectivity index (χ2n) is 6.46. The third-order valence-electron chi connectivity index (χ3n) is 4.79. The number of nitrogens with zero attached hydrogens (tertiary/aromatic N) is 4. The molecule has 24 heavy (non-hydrogen) atoms. The van der Waals surface area contributed by atoms with Gasteiger partial charge < -0.3 is 9.80 Å². The molecule has 1 saturated heterocycles. The van der Waals surface area contributed by atoms with Crippen molar-refractivity contribution < 1.29 is 4.79 Å². The van der Waals surface area contributed by atoms with Crippen LogP contribution in [0.1, 0.15) is 50.0 Å². The highest BCUT2D eigenvalue weighted by molar-refractivity contribution is 7.15. The minimum atomic E-state index is 0.0907. The van der Waals surface area contributed by atoms with Gasteiger partial charge in [0.2, 0.25) is 11.0 Å². The van der Waals surface area contributed by atoms with E-state index in [-0.39, 0.29) is 5.91 Å². The molecule has 1 amide bonds. The third kappa shape index (κ3) is 4.23. The highest BCUT2D eigenvalue weighted by Gasteiger charge is 2.24. The van der Waals surface area contributed by atoms with Crippen molar-refractivity contribution in [1.82, 2.24) is 15.1 Å². The van der Waals surface area contributed by atoms with Crippen LogP contribution >= 0.6 is 11.3 Å². The lowest BCUT2D eigenvalue weighted by Crippen LogP contribution is -2.48. The highest BCUT2D eigenvalue weighted by atomic mass is 32.1. The molecule has 0 aromatic carbocycles. The van der Waals surface area contributed by atoms with Gasteiger partial charge in [-0.05, 0) is 19.8 Å². The molecule has 0 atom stereocenters. The number of aromatic nitrogens is 2. The van der Waals surface area contributed by atoms with Crippen LogP contribution in [0.5, 0.6) is 0 Å². The van der Waals surface area contributed by atoms with Gasteiger partial charge in [-0.3, -0.25) is 4.79 Å². The van der Waals surface area contributed by atoms with Gasteiger partial charge in [0.1, 0.15) is 5.01 Å². The topological polar surface area (TPSA) is 49.3 Å². The second kappa shape index (κ2) is 8.42. The molecule has 0 bridgehead atoms. The molecule has 0 unspecified atom stereocenters. The minimum absolute atomic E-state index is 0.0907. The first kappa shape index (κ1) is 17.1. The minimum Gasteiger partial charge on any atom is -0.343 e. The maximum absolute atomic E-state index is 12.1. The first-order valence-corrected chi connectivity index (χ1v) is 9.76. The van der Waals surface area contributed by atoms with Gasteiger partial charge in [0, 0.05) is 38.2 Å². The quantitative estimate of drug-likeness (QED) is 0.619. The summed E-state index contributed by atoms with van der Waals surface area (Å²) in [5.74, 6) is 0.706. The van der Waals surface area contributed by atoms with Crippen molar-refractivity contribution in [2.24, 2.45) is 0 Å². The number of piperazine rings is 1. The summed E-state index contributed by atoms with van der Waals surface area (Å²) < 4.78 is 0. The fourth-order valence-electron chi connectivity index (χ4n) is 3.34. The molecule has 2 fully saturated rings. The van der Waals surface area contributed by atoms with Crippen molar-refractivity contribution in [3.63, 3.8) is 0 Å². The van der Waals surface area contributed by atoms with Crippen molar-refractivity contribution in [3.05, 3.63) is 29.3 Å². The Morgan fingerprint density at radius 2 is 1.83 bits per heavy atom. The van der Waals surface area contributed by atoms with E-state index in [0.29, 0.717) is 5.92 Å². The maximum atomic E-state index is 12.1. The van der Waals surface area contributed by atoms with E-state index >= 15 is 0 Å². The summed E-state index contributed by atoms with van der Waals surface area (Å²) in [6, 6.07) is 0. The van der Waals surface area contributed by atoms with Crippen LogP contribution in [0.2, 0.25) is 0 Å². The average Bonchev–Trinajstić information content (AvgIpc) is 3.13. The predicted octanol–water partition coefficient (Wildman–Crippen LogP) is 3.37. The van der Waals surface area contributed by atoms with Crippen LogP contribution in [-0.4, -0.2) is 47.2 Å². The number of carbonyl (C=O) groups is 1. The average molecular weight is 347 g/mol. The van der Waals surface area contributed by atoms with Crippen LogP contribution in [-0.2, 0) is 4.79 Å². The number of hydrogen-bond donors (Lipinski definition) is 0. The molecule has 2 aliphatic rings. The zero-order valence-electron chi connectivity index (χ0n) is 14.4. The molecule has 1 aliphatic carbocycles. The van der Waals surface area contributed by atoms with Crippen LogP contribution in [0.25, 0.3) is 0 Å². The Bertz CT molecular complexity index is 596. The summed E-state index contributed by atoms with van der Waals surface area (Å²) in [5, 5.41) is 11.1. The summed E-state index contributed by atoms with van der Waals surface area (Å²) in [7, 11) is 0. The molecule has 1 aromatic heterocycles. The number of amides is 1. The Morgan fingerprint density at radius 1 is 1.08 bits per heavy atom. The van der Waals surface area contributed by atoms with Crippen molar-refractivity contribution in [2.75, 3.05) is 31.1 Å². The Labute approximate surface area is 148 Å². The van der Waals surface area contributed by atoms with Crippen molar-refractivity contribution in [1.29, 1.82) is 0 Å². The van der Waals surface area contributed by atoms with Gasteiger partial charge in [-0.15, -0.1) is 10.2 Å². The van der Waals surface area contributed by atoms with Gasteiger partial charge >= 0.3 is 0 Å². The van der Waals surface area contributed by atoms with Gasteiger partial charge in [-0.1, -0.05) is 48.8 Å². The van der Waals surface area contributed by atoms with E-state index in [9.17, 15) is 4.79 Å². The summed E-state index contributed by atoms with van der Waals surface area (Å²) in [6.07, 6.45) is 13.8. The van der Waals surface area contributed by atoms with Crippen LogP contribution < -0.4 is 4.90 Å².